The third-order valence-corrected chi connectivity index (χ3v) is 3.14. The largest absolute Gasteiger partial charge is 0.324 e. The molecular formula is C12H14FN3. The summed E-state index contributed by atoms with van der Waals surface area (Å²) in [4.78, 5) is 4.47. The lowest BCUT2D eigenvalue weighted by molar-refractivity contribution is 0.618. The maximum absolute atomic E-state index is 13.6. The van der Waals surface area contributed by atoms with Crippen molar-refractivity contribution < 1.29 is 4.39 Å². The van der Waals surface area contributed by atoms with Crippen molar-refractivity contribution in [2.24, 2.45) is 5.73 Å². The van der Waals surface area contributed by atoms with E-state index in [0.717, 1.165) is 29.7 Å². The molecule has 0 spiro atoms. The molecule has 0 atom stereocenters. The molecule has 0 bridgehead atoms. The van der Waals surface area contributed by atoms with Crippen LogP contribution in [0.15, 0.2) is 12.1 Å². The molecule has 84 valence electrons. The van der Waals surface area contributed by atoms with Crippen molar-refractivity contribution in [1.82, 2.24) is 9.55 Å². The first kappa shape index (κ1) is 9.78. The van der Waals surface area contributed by atoms with Crippen molar-refractivity contribution in [1.29, 1.82) is 0 Å². The number of rotatable bonds is 2. The topological polar surface area (TPSA) is 43.8 Å². The van der Waals surface area contributed by atoms with E-state index in [1.54, 1.807) is 19.1 Å². The van der Waals surface area contributed by atoms with Gasteiger partial charge in [0.1, 0.15) is 11.6 Å². The quantitative estimate of drug-likeness (QED) is 0.842. The molecule has 3 rings (SSSR count). The van der Waals surface area contributed by atoms with Gasteiger partial charge in [-0.1, -0.05) is 0 Å². The monoisotopic (exact) mass is 219 g/mol. The third-order valence-electron chi connectivity index (χ3n) is 3.14. The molecule has 16 heavy (non-hydrogen) atoms. The molecule has 2 N–H and O–H groups in total. The Hall–Kier alpha value is -1.42. The van der Waals surface area contributed by atoms with Gasteiger partial charge in [0, 0.05) is 12.1 Å². The van der Waals surface area contributed by atoms with Crippen molar-refractivity contribution in [2.75, 3.05) is 0 Å². The van der Waals surface area contributed by atoms with Gasteiger partial charge in [-0.15, -0.1) is 0 Å². The number of benzene rings is 1. The summed E-state index contributed by atoms with van der Waals surface area (Å²) in [6, 6.07) is 3.85. The van der Waals surface area contributed by atoms with Crippen LogP contribution in [-0.4, -0.2) is 9.55 Å². The minimum atomic E-state index is -0.169. The van der Waals surface area contributed by atoms with Crippen LogP contribution in [0.1, 0.15) is 30.3 Å². The molecular weight excluding hydrogens is 205 g/mol. The average Bonchev–Trinajstić information content (AvgIpc) is 3.03. The van der Waals surface area contributed by atoms with E-state index >= 15 is 0 Å². The fraction of sp³-hybridized carbons (Fsp3) is 0.417. The molecule has 1 fully saturated rings. The summed E-state index contributed by atoms with van der Waals surface area (Å²) < 4.78 is 15.6. The number of halogens is 1. The first-order valence-corrected chi connectivity index (χ1v) is 5.57. The highest BCUT2D eigenvalue weighted by Gasteiger charge is 2.28. The maximum atomic E-state index is 13.6. The summed E-state index contributed by atoms with van der Waals surface area (Å²) in [5.41, 5.74) is 8.05. The van der Waals surface area contributed by atoms with E-state index in [4.69, 9.17) is 5.73 Å². The molecule has 1 heterocycles. The van der Waals surface area contributed by atoms with Crippen molar-refractivity contribution in [3.05, 3.63) is 29.3 Å². The fourth-order valence-corrected chi connectivity index (χ4v) is 2.15. The Morgan fingerprint density at radius 1 is 1.50 bits per heavy atom. The molecule has 0 aliphatic heterocycles. The second-order valence-electron chi connectivity index (χ2n) is 4.42. The average molecular weight is 219 g/mol. The van der Waals surface area contributed by atoms with Crippen LogP contribution in [0.25, 0.3) is 11.0 Å². The summed E-state index contributed by atoms with van der Waals surface area (Å²) in [5, 5.41) is 0. The van der Waals surface area contributed by atoms with E-state index in [2.05, 4.69) is 9.55 Å². The number of fused-ring (bicyclic) bond motifs is 1. The lowest BCUT2D eigenvalue weighted by Gasteiger charge is -2.05. The van der Waals surface area contributed by atoms with Crippen LogP contribution < -0.4 is 5.73 Å². The van der Waals surface area contributed by atoms with Gasteiger partial charge < -0.3 is 10.3 Å². The SMILES string of the molecule is Cc1cc2nc(CN)n(C3CC3)c2cc1F. The molecule has 0 unspecified atom stereocenters. The van der Waals surface area contributed by atoms with Crippen LogP contribution >= 0.6 is 0 Å². The predicted octanol–water partition coefficient (Wildman–Crippen LogP) is 2.28. The zero-order valence-electron chi connectivity index (χ0n) is 9.20. The van der Waals surface area contributed by atoms with E-state index in [1.807, 2.05) is 0 Å². The van der Waals surface area contributed by atoms with Crippen LogP contribution in [0.2, 0.25) is 0 Å². The van der Waals surface area contributed by atoms with Gasteiger partial charge in [-0.3, -0.25) is 0 Å². The van der Waals surface area contributed by atoms with Crippen molar-refractivity contribution >= 4 is 11.0 Å². The van der Waals surface area contributed by atoms with Crippen molar-refractivity contribution in [3.63, 3.8) is 0 Å². The summed E-state index contributed by atoms with van der Waals surface area (Å²) in [6.07, 6.45) is 2.29. The van der Waals surface area contributed by atoms with Gasteiger partial charge in [0.2, 0.25) is 0 Å². The fourth-order valence-electron chi connectivity index (χ4n) is 2.15. The second-order valence-corrected chi connectivity index (χ2v) is 4.42. The Kier molecular flexibility index (Phi) is 2.01. The lowest BCUT2D eigenvalue weighted by atomic mass is 10.2. The molecule has 2 aromatic rings. The lowest BCUT2D eigenvalue weighted by Crippen LogP contribution is -2.06. The van der Waals surface area contributed by atoms with Crippen LogP contribution in [0, 0.1) is 12.7 Å². The molecule has 0 radical (unpaired) electrons. The van der Waals surface area contributed by atoms with Crippen LogP contribution in [0.5, 0.6) is 0 Å². The first-order valence-electron chi connectivity index (χ1n) is 5.57. The highest BCUT2D eigenvalue weighted by atomic mass is 19.1. The Morgan fingerprint density at radius 2 is 2.25 bits per heavy atom. The number of hydrogen-bond donors (Lipinski definition) is 1. The van der Waals surface area contributed by atoms with Gasteiger partial charge >= 0.3 is 0 Å². The number of imidazole rings is 1. The van der Waals surface area contributed by atoms with E-state index in [1.165, 1.54) is 0 Å². The molecule has 0 saturated heterocycles. The highest BCUT2D eigenvalue weighted by Crippen LogP contribution is 2.38. The van der Waals surface area contributed by atoms with Crippen molar-refractivity contribution in [3.8, 4) is 0 Å². The zero-order chi connectivity index (χ0) is 11.3. The number of aryl methyl sites for hydroxylation is 1. The minimum absolute atomic E-state index is 0.169. The Balaban J connectivity index is 2.31. The number of hydrogen-bond acceptors (Lipinski definition) is 2. The summed E-state index contributed by atoms with van der Waals surface area (Å²) >= 11 is 0. The first-order chi connectivity index (χ1) is 7.70. The Morgan fingerprint density at radius 3 is 2.88 bits per heavy atom. The second kappa shape index (κ2) is 3.28. The minimum Gasteiger partial charge on any atom is -0.324 e. The van der Waals surface area contributed by atoms with Crippen molar-refractivity contribution in [2.45, 2.75) is 32.4 Å². The molecule has 0 amide bonds. The van der Waals surface area contributed by atoms with E-state index in [-0.39, 0.29) is 5.82 Å². The molecule has 4 heteroatoms. The molecule has 1 saturated carbocycles. The highest BCUT2D eigenvalue weighted by molar-refractivity contribution is 5.77. The summed E-state index contributed by atoms with van der Waals surface area (Å²) in [6.45, 7) is 2.17. The third kappa shape index (κ3) is 1.33. The van der Waals surface area contributed by atoms with Gasteiger partial charge in [-0.25, -0.2) is 9.37 Å². The smallest absolute Gasteiger partial charge is 0.128 e. The number of nitrogens with two attached hydrogens (primary N) is 1. The zero-order valence-corrected chi connectivity index (χ0v) is 9.20. The van der Waals surface area contributed by atoms with Crippen LogP contribution in [0.3, 0.4) is 0 Å². The number of aromatic nitrogens is 2. The molecule has 3 nitrogen and oxygen atoms in total. The molecule has 1 aromatic carbocycles. The molecule has 1 aromatic heterocycles. The Labute approximate surface area is 93.1 Å². The van der Waals surface area contributed by atoms with Gasteiger partial charge in [0.05, 0.1) is 17.6 Å². The number of nitrogens with zero attached hydrogens (tertiary/aromatic N) is 2. The standard InChI is InChI=1S/C12H14FN3/c1-7-4-10-11(5-9(7)13)16(8-2-3-8)12(6-14)15-10/h4-5,8H,2-3,6,14H2,1H3. The van der Waals surface area contributed by atoms with Gasteiger partial charge in [0.25, 0.3) is 0 Å². The normalized spacial score (nSPS) is 15.9. The maximum Gasteiger partial charge on any atom is 0.128 e. The Bertz CT molecular complexity index is 555. The molecule has 1 aliphatic rings. The summed E-state index contributed by atoms with van der Waals surface area (Å²) in [7, 11) is 0. The van der Waals surface area contributed by atoms with Gasteiger partial charge in [0.15, 0.2) is 0 Å². The van der Waals surface area contributed by atoms with E-state index in [9.17, 15) is 4.39 Å². The van der Waals surface area contributed by atoms with Crippen LogP contribution in [-0.2, 0) is 6.54 Å². The van der Waals surface area contributed by atoms with E-state index < -0.39 is 0 Å². The van der Waals surface area contributed by atoms with Crippen LogP contribution in [0.4, 0.5) is 4.39 Å². The molecule has 1 aliphatic carbocycles. The summed E-state index contributed by atoms with van der Waals surface area (Å²) in [5.74, 6) is 0.695. The van der Waals surface area contributed by atoms with E-state index in [0.29, 0.717) is 18.2 Å². The predicted molar refractivity (Wildman–Crippen MR) is 60.6 cm³/mol. The van der Waals surface area contributed by atoms with Gasteiger partial charge in [-0.05, 0) is 31.4 Å². The van der Waals surface area contributed by atoms with Gasteiger partial charge in [-0.2, -0.15) is 0 Å².